The Kier molecular flexibility index (Phi) is 6.22. The van der Waals surface area contributed by atoms with Crippen molar-refractivity contribution in [3.63, 3.8) is 0 Å². The second kappa shape index (κ2) is 9.04. The predicted molar refractivity (Wildman–Crippen MR) is 126 cm³/mol. The average Bonchev–Trinajstić information content (AvgIpc) is 3.17. The Morgan fingerprint density at radius 2 is 2.00 bits per heavy atom. The first-order valence-electron chi connectivity index (χ1n) is 9.32. The lowest BCUT2D eigenvalue weighted by Crippen LogP contribution is -2.22. The van der Waals surface area contributed by atoms with Gasteiger partial charge < -0.3 is 5.32 Å². The highest BCUT2D eigenvalue weighted by molar-refractivity contribution is 7.99. The lowest BCUT2D eigenvalue weighted by molar-refractivity contribution is -0.113. The molecule has 1 N–H and O–H groups in total. The quantitative estimate of drug-likeness (QED) is 0.306. The van der Waals surface area contributed by atoms with E-state index in [9.17, 15) is 9.59 Å². The highest BCUT2D eigenvalue weighted by atomic mass is 35.5. The molecule has 0 aliphatic rings. The molecule has 5 nitrogen and oxygen atoms in total. The van der Waals surface area contributed by atoms with E-state index in [1.54, 1.807) is 28.8 Å². The Balaban J connectivity index is 1.63. The highest BCUT2D eigenvalue weighted by Gasteiger charge is 2.17. The number of hydrogen-bond donors (Lipinski definition) is 1. The van der Waals surface area contributed by atoms with Gasteiger partial charge in [-0.3, -0.25) is 14.2 Å². The van der Waals surface area contributed by atoms with Crippen LogP contribution in [0.5, 0.6) is 0 Å². The second-order valence-electron chi connectivity index (χ2n) is 6.48. The molecule has 4 rings (SSSR count). The fourth-order valence-electron chi connectivity index (χ4n) is 3.08. The third kappa shape index (κ3) is 4.28. The molecule has 2 aromatic heterocycles. The van der Waals surface area contributed by atoms with Crippen LogP contribution in [0.25, 0.3) is 21.3 Å². The molecule has 8 heteroatoms. The van der Waals surface area contributed by atoms with E-state index in [1.807, 2.05) is 42.6 Å². The third-order valence-corrected chi connectivity index (χ3v) is 6.65. The zero-order valence-corrected chi connectivity index (χ0v) is 18.5. The molecule has 30 heavy (non-hydrogen) atoms. The van der Waals surface area contributed by atoms with Gasteiger partial charge in [0.2, 0.25) is 5.91 Å². The first kappa shape index (κ1) is 20.7. The highest BCUT2D eigenvalue weighted by Crippen LogP contribution is 2.32. The summed E-state index contributed by atoms with van der Waals surface area (Å²) in [4.78, 5) is 30.2. The Labute approximate surface area is 186 Å². The van der Waals surface area contributed by atoms with Gasteiger partial charge in [0.15, 0.2) is 5.16 Å². The Bertz CT molecular complexity index is 1270. The van der Waals surface area contributed by atoms with E-state index in [0.29, 0.717) is 32.6 Å². The summed E-state index contributed by atoms with van der Waals surface area (Å²) in [5, 5.41) is 5.87. The molecule has 4 aromatic rings. The number of benzene rings is 2. The van der Waals surface area contributed by atoms with Gasteiger partial charge in [0.25, 0.3) is 5.56 Å². The summed E-state index contributed by atoms with van der Waals surface area (Å²) in [6, 6.07) is 16.9. The van der Waals surface area contributed by atoms with Crippen molar-refractivity contribution in [2.45, 2.75) is 18.6 Å². The van der Waals surface area contributed by atoms with Crippen LogP contribution < -0.4 is 10.9 Å². The molecule has 0 spiro atoms. The van der Waals surface area contributed by atoms with Crippen LogP contribution >= 0.6 is 34.7 Å². The predicted octanol–water partition coefficient (Wildman–Crippen LogP) is 5.53. The molecule has 0 radical (unpaired) electrons. The van der Waals surface area contributed by atoms with Gasteiger partial charge in [0.1, 0.15) is 4.70 Å². The number of aromatic nitrogens is 2. The SMILES string of the molecule is CCn1c(SCC(=O)Nc2cccc(Cl)c2)nc2c(-c3ccccc3)csc2c1=O. The number of carbonyl (C=O) groups excluding carboxylic acids is 1. The van der Waals surface area contributed by atoms with Gasteiger partial charge in [-0.1, -0.05) is 59.8 Å². The zero-order valence-electron chi connectivity index (χ0n) is 16.1. The number of halogens is 1. The molecular weight excluding hydrogens is 438 g/mol. The molecule has 0 saturated carbocycles. The molecule has 152 valence electrons. The van der Waals surface area contributed by atoms with Gasteiger partial charge in [0, 0.05) is 28.2 Å². The minimum Gasteiger partial charge on any atom is -0.325 e. The summed E-state index contributed by atoms with van der Waals surface area (Å²) in [5.74, 6) is -0.0530. The van der Waals surface area contributed by atoms with E-state index in [1.165, 1.54) is 23.1 Å². The number of nitrogens with zero attached hydrogens (tertiary/aromatic N) is 2. The molecule has 0 aliphatic heterocycles. The van der Waals surface area contributed by atoms with Crippen LogP contribution in [0.3, 0.4) is 0 Å². The average molecular weight is 456 g/mol. The van der Waals surface area contributed by atoms with Crippen molar-refractivity contribution in [3.8, 4) is 11.1 Å². The molecule has 1 amide bonds. The summed E-state index contributed by atoms with van der Waals surface area (Å²) >= 11 is 8.62. The molecular formula is C22H18ClN3O2S2. The van der Waals surface area contributed by atoms with Crippen molar-refractivity contribution in [3.05, 3.63) is 75.4 Å². The maximum Gasteiger partial charge on any atom is 0.272 e. The number of anilines is 1. The van der Waals surface area contributed by atoms with Crippen LogP contribution in [0.4, 0.5) is 5.69 Å². The molecule has 0 atom stereocenters. The molecule has 0 saturated heterocycles. The number of rotatable bonds is 6. The van der Waals surface area contributed by atoms with Crippen LogP contribution in [0.15, 0.2) is 69.9 Å². The van der Waals surface area contributed by atoms with Gasteiger partial charge >= 0.3 is 0 Å². The Hall–Kier alpha value is -2.61. The maximum atomic E-state index is 13.0. The normalized spacial score (nSPS) is 11.0. The van der Waals surface area contributed by atoms with Crippen molar-refractivity contribution in [1.82, 2.24) is 9.55 Å². The van der Waals surface area contributed by atoms with Crippen molar-refractivity contribution >= 4 is 56.5 Å². The summed E-state index contributed by atoms with van der Waals surface area (Å²) in [7, 11) is 0. The van der Waals surface area contributed by atoms with Crippen LogP contribution in [-0.4, -0.2) is 21.2 Å². The topological polar surface area (TPSA) is 64.0 Å². The summed E-state index contributed by atoms with van der Waals surface area (Å²) in [6.07, 6.45) is 0. The van der Waals surface area contributed by atoms with E-state index in [2.05, 4.69) is 5.32 Å². The Morgan fingerprint density at radius 3 is 2.73 bits per heavy atom. The number of amides is 1. The number of thioether (sulfide) groups is 1. The van der Waals surface area contributed by atoms with Crippen molar-refractivity contribution in [1.29, 1.82) is 0 Å². The van der Waals surface area contributed by atoms with Crippen LogP contribution in [0.2, 0.25) is 5.02 Å². The number of carbonyl (C=O) groups is 1. The lowest BCUT2D eigenvalue weighted by atomic mass is 10.1. The Morgan fingerprint density at radius 1 is 1.20 bits per heavy atom. The van der Waals surface area contributed by atoms with Crippen LogP contribution in [0, 0.1) is 0 Å². The van der Waals surface area contributed by atoms with Crippen molar-refractivity contribution < 1.29 is 4.79 Å². The number of fused-ring (bicyclic) bond motifs is 1. The summed E-state index contributed by atoms with van der Waals surface area (Å²) < 4.78 is 2.24. The van der Waals surface area contributed by atoms with E-state index in [0.717, 1.165) is 11.1 Å². The largest absolute Gasteiger partial charge is 0.325 e. The second-order valence-corrected chi connectivity index (χ2v) is 8.74. The molecule has 0 fully saturated rings. The number of hydrogen-bond acceptors (Lipinski definition) is 5. The van der Waals surface area contributed by atoms with Gasteiger partial charge in [-0.15, -0.1) is 11.3 Å². The molecule has 2 aromatic carbocycles. The zero-order chi connectivity index (χ0) is 21.1. The minimum atomic E-state index is -0.187. The van der Waals surface area contributed by atoms with Gasteiger partial charge in [-0.25, -0.2) is 4.98 Å². The molecule has 2 heterocycles. The van der Waals surface area contributed by atoms with Gasteiger partial charge in [0.05, 0.1) is 11.3 Å². The maximum absolute atomic E-state index is 13.0. The summed E-state index contributed by atoms with van der Waals surface area (Å²) in [5.41, 5.74) is 3.18. The van der Waals surface area contributed by atoms with Crippen molar-refractivity contribution in [2.75, 3.05) is 11.1 Å². The molecule has 0 aliphatic carbocycles. The third-order valence-electron chi connectivity index (χ3n) is 4.48. The van der Waals surface area contributed by atoms with E-state index >= 15 is 0 Å². The fourth-order valence-corrected chi connectivity index (χ4v) is 5.09. The molecule has 0 bridgehead atoms. The lowest BCUT2D eigenvalue weighted by Gasteiger charge is -2.11. The first-order valence-corrected chi connectivity index (χ1v) is 11.6. The minimum absolute atomic E-state index is 0.0765. The number of thiophene rings is 1. The molecule has 0 unspecified atom stereocenters. The fraction of sp³-hybridized carbons (Fsp3) is 0.136. The standard InChI is InChI=1S/C22H18ClN3O2S2/c1-2-26-21(28)20-19(17(12-29-20)14-7-4-3-5-8-14)25-22(26)30-13-18(27)24-16-10-6-9-15(23)11-16/h3-12H,2,13H2,1H3,(H,24,27). The van der Waals surface area contributed by atoms with Gasteiger partial charge in [-0.05, 0) is 30.7 Å². The van der Waals surface area contributed by atoms with Crippen LogP contribution in [0.1, 0.15) is 6.92 Å². The first-order chi connectivity index (χ1) is 14.6. The van der Waals surface area contributed by atoms with Crippen molar-refractivity contribution in [2.24, 2.45) is 0 Å². The van der Waals surface area contributed by atoms with Crippen LogP contribution in [-0.2, 0) is 11.3 Å². The van der Waals surface area contributed by atoms with Gasteiger partial charge in [-0.2, -0.15) is 0 Å². The number of nitrogens with one attached hydrogen (secondary N) is 1. The smallest absolute Gasteiger partial charge is 0.272 e. The summed E-state index contributed by atoms with van der Waals surface area (Å²) in [6.45, 7) is 2.38. The van der Waals surface area contributed by atoms with E-state index in [4.69, 9.17) is 16.6 Å². The van der Waals surface area contributed by atoms with E-state index < -0.39 is 0 Å². The van der Waals surface area contributed by atoms with E-state index in [-0.39, 0.29) is 17.2 Å². The monoisotopic (exact) mass is 455 g/mol.